The van der Waals surface area contributed by atoms with Gasteiger partial charge < -0.3 is 9.47 Å². The predicted octanol–water partition coefficient (Wildman–Crippen LogP) is 1.96. The van der Waals surface area contributed by atoms with E-state index in [1.54, 1.807) is 19.1 Å². The summed E-state index contributed by atoms with van der Waals surface area (Å²) < 4.78 is 11.8. The number of hydrogen-bond donors (Lipinski definition) is 0. The Morgan fingerprint density at radius 3 is 2.54 bits per heavy atom. The third-order valence-electron chi connectivity index (χ3n) is 3.96. The lowest BCUT2D eigenvalue weighted by Gasteiger charge is -2.12. The van der Waals surface area contributed by atoms with E-state index in [1.807, 2.05) is 19.1 Å². The molecule has 0 aliphatic carbocycles. The van der Waals surface area contributed by atoms with Crippen molar-refractivity contribution in [1.82, 2.24) is 4.57 Å². The van der Waals surface area contributed by atoms with Crippen LogP contribution < -0.4 is 10.3 Å². The molecule has 2 aromatic rings. The molecule has 1 unspecified atom stereocenters. The van der Waals surface area contributed by atoms with Gasteiger partial charge in [0.25, 0.3) is 5.56 Å². The van der Waals surface area contributed by atoms with Gasteiger partial charge in [-0.3, -0.25) is 14.2 Å². The van der Waals surface area contributed by atoms with Gasteiger partial charge in [-0.2, -0.15) is 0 Å². The van der Waals surface area contributed by atoms with Gasteiger partial charge in [0.15, 0.2) is 5.78 Å². The summed E-state index contributed by atoms with van der Waals surface area (Å²) in [5, 5.41) is 0. The topological polar surface area (TPSA) is 74.6 Å². The standard InChI is InChI=1S/C18H17NO5/c1-10-4-6-12(7-5-10)16(21)15-13(18(22)23-3)8-14(20)19-9-11(2)24-17(15)19/h4-8,11H,9H2,1-3H3. The largest absolute Gasteiger partial charge is 0.473 e. The van der Waals surface area contributed by atoms with Gasteiger partial charge in [0, 0.05) is 11.6 Å². The van der Waals surface area contributed by atoms with Crippen molar-refractivity contribution in [1.29, 1.82) is 0 Å². The summed E-state index contributed by atoms with van der Waals surface area (Å²) in [6.45, 7) is 4.05. The van der Waals surface area contributed by atoms with Crippen molar-refractivity contribution in [2.75, 3.05) is 7.11 Å². The molecule has 0 radical (unpaired) electrons. The molecule has 1 atom stereocenters. The van der Waals surface area contributed by atoms with Crippen LogP contribution in [0.3, 0.4) is 0 Å². The molecule has 6 nitrogen and oxygen atoms in total. The second kappa shape index (κ2) is 5.96. The number of hydrogen-bond acceptors (Lipinski definition) is 5. The second-order valence-electron chi connectivity index (χ2n) is 5.80. The lowest BCUT2D eigenvalue weighted by atomic mass is 9.98. The molecule has 124 valence electrons. The molecule has 1 aliphatic heterocycles. The number of rotatable bonds is 3. The number of esters is 1. The Bertz CT molecular complexity index is 880. The van der Waals surface area contributed by atoms with Gasteiger partial charge in [0.05, 0.1) is 24.8 Å². The van der Waals surface area contributed by atoms with Crippen LogP contribution in [0.1, 0.15) is 38.8 Å². The maximum atomic E-state index is 13.0. The Morgan fingerprint density at radius 1 is 1.25 bits per heavy atom. The van der Waals surface area contributed by atoms with Crippen LogP contribution in [-0.2, 0) is 11.3 Å². The van der Waals surface area contributed by atoms with Crippen LogP contribution in [0.4, 0.5) is 0 Å². The smallest absolute Gasteiger partial charge is 0.339 e. The average Bonchev–Trinajstić information content (AvgIpc) is 2.96. The van der Waals surface area contributed by atoms with E-state index in [9.17, 15) is 14.4 Å². The number of ether oxygens (including phenoxy) is 2. The average molecular weight is 327 g/mol. The van der Waals surface area contributed by atoms with Gasteiger partial charge in [0.2, 0.25) is 5.88 Å². The Labute approximate surface area is 138 Å². The summed E-state index contributed by atoms with van der Waals surface area (Å²) in [6.07, 6.45) is -0.254. The third-order valence-corrected chi connectivity index (χ3v) is 3.96. The number of carbonyl (C=O) groups is 2. The maximum absolute atomic E-state index is 13.0. The lowest BCUT2D eigenvalue weighted by Crippen LogP contribution is -2.23. The molecule has 0 spiro atoms. The van der Waals surface area contributed by atoms with Crippen LogP contribution in [0.15, 0.2) is 35.1 Å². The first-order valence-corrected chi connectivity index (χ1v) is 7.56. The maximum Gasteiger partial charge on any atom is 0.339 e. The molecule has 0 fully saturated rings. The summed E-state index contributed by atoms with van der Waals surface area (Å²) in [7, 11) is 1.21. The third kappa shape index (κ3) is 2.60. The molecule has 1 aliphatic rings. The van der Waals surface area contributed by atoms with Crippen LogP contribution in [0.25, 0.3) is 0 Å². The molecule has 1 aromatic heterocycles. The Hall–Kier alpha value is -2.89. The van der Waals surface area contributed by atoms with E-state index < -0.39 is 11.5 Å². The highest BCUT2D eigenvalue weighted by Gasteiger charge is 2.32. The van der Waals surface area contributed by atoms with E-state index in [-0.39, 0.29) is 28.9 Å². The van der Waals surface area contributed by atoms with Gasteiger partial charge in [-0.25, -0.2) is 4.79 Å². The molecule has 0 saturated carbocycles. The highest BCUT2D eigenvalue weighted by atomic mass is 16.5. The number of carbonyl (C=O) groups excluding carboxylic acids is 2. The molecule has 0 bridgehead atoms. The molecule has 1 aromatic carbocycles. The van der Waals surface area contributed by atoms with Crippen LogP contribution >= 0.6 is 0 Å². The molecular formula is C18H17NO5. The zero-order chi connectivity index (χ0) is 17.4. The lowest BCUT2D eigenvalue weighted by molar-refractivity contribution is 0.0596. The number of ketones is 1. The first-order chi connectivity index (χ1) is 11.4. The Kier molecular flexibility index (Phi) is 3.97. The van der Waals surface area contributed by atoms with Crippen molar-refractivity contribution in [2.24, 2.45) is 0 Å². The fourth-order valence-corrected chi connectivity index (χ4v) is 2.74. The van der Waals surface area contributed by atoms with Crippen molar-refractivity contribution in [3.8, 4) is 5.88 Å². The molecule has 6 heteroatoms. The minimum absolute atomic E-state index is 0.0645. The Balaban J connectivity index is 2.23. The molecule has 2 heterocycles. The van der Waals surface area contributed by atoms with Gasteiger partial charge in [0.1, 0.15) is 6.10 Å². The van der Waals surface area contributed by atoms with Gasteiger partial charge >= 0.3 is 5.97 Å². The van der Waals surface area contributed by atoms with Crippen molar-refractivity contribution in [3.63, 3.8) is 0 Å². The highest BCUT2D eigenvalue weighted by molar-refractivity contribution is 6.15. The number of methoxy groups -OCH3 is 1. The number of aromatic nitrogens is 1. The summed E-state index contributed by atoms with van der Waals surface area (Å²) in [6, 6.07) is 8.12. The van der Waals surface area contributed by atoms with E-state index in [4.69, 9.17) is 9.47 Å². The first-order valence-electron chi connectivity index (χ1n) is 7.56. The molecule has 0 amide bonds. The SMILES string of the molecule is COC(=O)c1cc(=O)n2c(c1C(=O)c1ccc(C)cc1)OC(C)C2. The molecule has 24 heavy (non-hydrogen) atoms. The fraction of sp³-hybridized carbons (Fsp3) is 0.278. The highest BCUT2D eigenvalue weighted by Crippen LogP contribution is 2.29. The summed E-state index contributed by atoms with van der Waals surface area (Å²) in [4.78, 5) is 37.3. The van der Waals surface area contributed by atoms with E-state index in [0.29, 0.717) is 12.1 Å². The van der Waals surface area contributed by atoms with Crippen LogP contribution in [-0.4, -0.2) is 29.5 Å². The minimum Gasteiger partial charge on any atom is -0.473 e. The first kappa shape index (κ1) is 16.0. The van der Waals surface area contributed by atoms with Gasteiger partial charge in [-0.1, -0.05) is 29.8 Å². The molecule has 0 N–H and O–H groups in total. The van der Waals surface area contributed by atoms with E-state index in [0.717, 1.165) is 11.6 Å². The zero-order valence-corrected chi connectivity index (χ0v) is 13.7. The van der Waals surface area contributed by atoms with Crippen molar-refractivity contribution in [3.05, 3.63) is 62.9 Å². The summed E-state index contributed by atoms with van der Waals surface area (Å²) >= 11 is 0. The van der Waals surface area contributed by atoms with Crippen LogP contribution in [0, 0.1) is 6.92 Å². The normalized spacial score (nSPS) is 15.5. The molecular weight excluding hydrogens is 310 g/mol. The minimum atomic E-state index is -0.742. The van der Waals surface area contributed by atoms with Gasteiger partial charge in [-0.05, 0) is 13.8 Å². The van der Waals surface area contributed by atoms with E-state index >= 15 is 0 Å². The molecule has 3 rings (SSSR count). The van der Waals surface area contributed by atoms with Crippen LogP contribution in [0.5, 0.6) is 5.88 Å². The zero-order valence-electron chi connectivity index (χ0n) is 13.7. The van der Waals surface area contributed by atoms with Crippen molar-refractivity contribution < 1.29 is 19.1 Å². The number of benzene rings is 1. The number of nitrogens with zero attached hydrogens (tertiary/aromatic N) is 1. The number of pyridine rings is 1. The predicted molar refractivity (Wildman–Crippen MR) is 86.7 cm³/mol. The van der Waals surface area contributed by atoms with Crippen molar-refractivity contribution >= 4 is 11.8 Å². The Morgan fingerprint density at radius 2 is 1.92 bits per heavy atom. The second-order valence-corrected chi connectivity index (χ2v) is 5.80. The quantitative estimate of drug-likeness (QED) is 0.636. The summed E-state index contributed by atoms with van der Waals surface area (Å²) in [5.74, 6) is -0.997. The van der Waals surface area contributed by atoms with Crippen LogP contribution in [0.2, 0.25) is 0 Å². The van der Waals surface area contributed by atoms with Gasteiger partial charge in [-0.15, -0.1) is 0 Å². The summed E-state index contributed by atoms with van der Waals surface area (Å²) in [5.41, 5.74) is 1.02. The van der Waals surface area contributed by atoms with E-state index in [2.05, 4.69) is 0 Å². The number of aryl methyl sites for hydroxylation is 1. The number of fused-ring (bicyclic) bond motifs is 1. The molecule has 0 saturated heterocycles. The monoisotopic (exact) mass is 327 g/mol. The van der Waals surface area contributed by atoms with E-state index in [1.165, 1.54) is 11.7 Å². The van der Waals surface area contributed by atoms with Crippen molar-refractivity contribution in [2.45, 2.75) is 26.5 Å². The fourth-order valence-electron chi connectivity index (χ4n) is 2.74.